The summed E-state index contributed by atoms with van der Waals surface area (Å²) in [5.41, 5.74) is 4.06. The van der Waals surface area contributed by atoms with Crippen LogP contribution in [0, 0.1) is 0 Å². The van der Waals surface area contributed by atoms with E-state index in [1.54, 1.807) is 0 Å². The molecule has 0 fully saturated rings. The largest absolute Gasteiger partial charge is 0.135 e. The van der Waals surface area contributed by atoms with Crippen molar-refractivity contribution in [2.75, 3.05) is 0 Å². The second-order valence-corrected chi connectivity index (χ2v) is 10.2. The molecule has 0 atom stereocenters. The lowest BCUT2D eigenvalue weighted by molar-refractivity contribution is 0.869. The van der Waals surface area contributed by atoms with E-state index < -0.39 is 0 Å². The molecule has 0 spiro atoms. The van der Waals surface area contributed by atoms with Crippen LogP contribution in [0.15, 0.2) is 78.9 Å². The molecule has 0 aliphatic rings. The van der Waals surface area contributed by atoms with Crippen molar-refractivity contribution < 1.29 is 0 Å². The SMILES string of the molecule is CC(C)c1ccc2sc3cccc(-c4ccc5sc6ccccc6c5c4)c3c2c1. The van der Waals surface area contributed by atoms with E-state index in [0.717, 1.165) is 0 Å². The highest BCUT2D eigenvalue weighted by Gasteiger charge is 2.13. The van der Waals surface area contributed by atoms with E-state index in [0.29, 0.717) is 5.92 Å². The van der Waals surface area contributed by atoms with Crippen LogP contribution in [0.3, 0.4) is 0 Å². The summed E-state index contributed by atoms with van der Waals surface area (Å²) in [5.74, 6) is 0.537. The third kappa shape index (κ3) is 2.63. The maximum absolute atomic E-state index is 2.40. The number of hydrogen-bond donors (Lipinski definition) is 0. The lowest BCUT2D eigenvalue weighted by atomic mass is 9.96. The van der Waals surface area contributed by atoms with Crippen LogP contribution in [-0.2, 0) is 0 Å². The van der Waals surface area contributed by atoms with Gasteiger partial charge in [-0.1, -0.05) is 56.3 Å². The second-order valence-electron chi connectivity index (χ2n) is 8.00. The van der Waals surface area contributed by atoms with Gasteiger partial charge in [-0.3, -0.25) is 0 Å². The van der Waals surface area contributed by atoms with Gasteiger partial charge in [-0.25, -0.2) is 0 Å². The van der Waals surface area contributed by atoms with Gasteiger partial charge in [0, 0.05) is 40.3 Å². The summed E-state index contributed by atoms with van der Waals surface area (Å²) in [7, 11) is 0. The van der Waals surface area contributed by atoms with Crippen molar-refractivity contribution in [2.45, 2.75) is 19.8 Å². The van der Waals surface area contributed by atoms with E-state index in [1.807, 2.05) is 22.7 Å². The van der Waals surface area contributed by atoms with Gasteiger partial charge in [0.25, 0.3) is 0 Å². The topological polar surface area (TPSA) is 0 Å². The Labute approximate surface area is 178 Å². The summed E-state index contributed by atoms with van der Waals surface area (Å²) in [5, 5.41) is 5.51. The summed E-state index contributed by atoms with van der Waals surface area (Å²) in [6.45, 7) is 4.54. The van der Waals surface area contributed by atoms with Crippen LogP contribution in [-0.4, -0.2) is 0 Å². The average molecular weight is 409 g/mol. The molecule has 4 aromatic carbocycles. The zero-order valence-corrected chi connectivity index (χ0v) is 18.0. The standard InChI is InChI=1S/C27H20S2/c1-16(2)17-10-12-25-22(14-17)27-19(7-5-9-26(27)29-25)18-11-13-24-21(15-18)20-6-3-4-8-23(20)28-24/h3-16H,1-2H3. The molecule has 0 radical (unpaired) electrons. The molecule has 0 amide bonds. The number of thiophene rings is 2. The zero-order chi connectivity index (χ0) is 19.5. The van der Waals surface area contributed by atoms with Gasteiger partial charge in [0.1, 0.15) is 0 Å². The summed E-state index contributed by atoms with van der Waals surface area (Å²) in [4.78, 5) is 0. The molecule has 2 heteroatoms. The molecule has 2 heterocycles. The van der Waals surface area contributed by atoms with Gasteiger partial charge < -0.3 is 0 Å². The first kappa shape index (κ1) is 17.2. The Kier molecular flexibility index (Phi) is 3.80. The Balaban J connectivity index is 1.67. The molecule has 0 saturated heterocycles. The third-order valence-corrected chi connectivity index (χ3v) is 8.16. The summed E-state index contributed by atoms with van der Waals surface area (Å²) in [6.07, 6.45) is 0. The van der Waals surface area contributed by atoms with Crippen molar-refractivity contribution in [3.8, 4) is 11.1 Å². The molecule has 0 bridgehead atoms. The van der Waals surface area contributed by atoms with Crippen molar-refractivity contribution in [2.24, 2.45) is 0 Å². The van der Waals surface area contributed by atoms with Gasteiger partial charge in [-0.2, -0.15) is 0 Å². The van der Waals surface area contributed by atoms with Gasteiger partial charge in [0.15, 0.2) is 0 Å². The first-order valence-electron chi connectivity index (χ1n) is 10.1. The Morgan fingerprint density at radius 1 is 0.586 bits per heavy atom. The molecule has 0 nitrogen and oxygen atoms in total. The van der Waals surface area contributed by atoms with Gasteiger partial charge in [-0.05, 0) is 59.0 Å². The molecule has 29 heavy (non-hydrogen) atoms. The van der Waals surface area contributed by atoms with Gasteiger partial charge in [-0.15, -0.1) is 22.7 Å². The lowest BCUT2D eigenvalue weighted by Crippen LogP contribution is -1.86. The Bertz CT molecular complexity index is 1530. The van der Waals surface area contributed by atoms with E-state index in [9.17, 15) is 0 Å². The molecule has 140 valence electrons. The zero-order valence-electron chi connectivity index (χ0n) is 16.4. The predicted octanol–water partition coefficient (Wildman–Crippen LogP) is 9.21. The normalized spacial score (nSPS) is 12.1. The van der Waals surface area contributed by atoms with Crippen LogP contribution in [0.5, 0.6) is 0 Å². The molecule has 0 aliphatic carbocycles. The third-order valence-electron chi connectivity index (χ3n) is 5.87. The summed E-state index contributed by atoms with van der Waals surface area (Å²) in [6, 6.07) is 29.4. The molecule has 0 N–H and O–H groups in total. The lowest BCUT2D eigenvalue weighted by Gasteiger charge is -2.08. The van der Waals surface area contributed by atoms with Gasteiger partial charge >= 0.3 is 0 Å². The molecule has 0 unspecified atom stereocenters. The van der Waals surface area contributed by atoms with Crippen molar-refractivity contribution >= 4 is 63.0 Å². The highest BCUT2D eigenvalue weighted by atomic mass is 32.1. The Morgan fingerprint density at radius 3 is 2.21 bits per heavy atom. The maximum atomic E-state index is 2.40. The molecule has 0 saturated carbocycles. The quantitative estimate of drug-likeness (QED) is 0.268. The number of hydrogen-bond acceptors (Lipinski definition) is 2. The highest BCUT2D eigenvalue weighted by Crippen LogP contribution is 2.42. The Hall–Kier alpha value is -2.68. The van der Waals surface area contributed by atoms with Crippen LogP contribution < -0.4 is 0 Å². The van der Waals surface area contributed by atoms with Crippen molar-refractivity contribution in [1.29, 1.82) is 0 Å². The van der Waals surface area contributed by atoms with Gasteiger partial charge in [0.2, 0.25) is 0 Å². The fraction of sp³-hybridized carbons (Fsp3) is 0.111. The highest BCUT2D eigenvalue weighted by molar-refractivity contribution is 7.26. The number of rotatable bonds is 2. The monoisotopic (exact) mass is 408 g/mol. The number of fused-ring (bicyclic) bond motifs is 6. The fourth-order valence-electron chi connectivity index (χ4n) is 4.34. The van der Waals surface area contributed by atoms with Crippen molar-refractivity contribution in [1.82, 2.24) is 0 Å². The van der Waals surface area contributed by atoms with Crippen LogP contribution in [0.4, 0.5) is 0 Å². The second kappa shape index (κ2) is 6.41. The van der Waals surface area contributed by atoms with Crippen molar-refractivity contribution in [3.05, 3.63) is 84.4 Å². The molecule has 0 aliphatic heterocycles. The van der Waals surface area contributed by atoms with Crippen LogP contribution in [0.1, 0.15) is 25.3 Å². The van der Waals surface area contributed by atoms with Gasteiger partial charge in [0.05, 0.1) is 0 Å². The van der Waals surface area contributed by atoms with E-state index in [4.69, 9.17) is 0 Å². The Morgan fingerprint density at radius 2 is 1.31 bits per heavy atom. The van der Waals surface area contributed by atoms with E-state index >= 15 is 0 Å². The molecular formula is C27H20S2. The molecule has 6 aromatic rings. The first-order valence-corrected chi connectivity index (χ1v) is 11.7. The number of benzene rings is 4. The van der Waals surface area contributed by atoms with E-state index in [-0.39, 0.29) is 0 Å². The van der Waals surface area contributed by atoms with E-state index in [2.05, 4.69) is 92.7 Å². The van der Waals surface area contributed by atoms with Crippen LogP contribution in [0.25, 0.3) is 51.5 Å². The molecule has 6 rings (SSSR count). The minimum absolute atomic E-state index is 0.537. The van der Waals surface area contributed by atoms with Crippen molar-refractivity contribution in [3.63, 3.8) is 0 Å². The first-order chi connectivity index (χ1) is 14.2. The summed E-state index contributed by atoms with van der Waals surface area (Å²) >= 11 is 3.78. The van der Waals surface area contributed by atoms with Crippen LogP contribution >= 0.6 is 22.7 Å². The molecule has 2 aromatic heterocycles. The van der Waals surface area contributed by atoms with Crippen LogP contribution in [0.2, 0.25) is 0 Å². The fourth-order valence-corrected chi connectivity index (χ4v) is 6.54. The smallest absolute Gasteiger partial charge is 0.0361 e. The van der Waals surface area contributed by atoms with E-state index in [1.165, 1.54) is 57.0 Å². The minimum Gasteiger partial charge on any atom is -0.135 e. The minimum atomic E-state index is 0.537. The predicted molar refractivity (Wildman–Crippen MR) is 132 cm³/mol. The maximum Gasteiger partial charge on any atom is 0.0361 e. The summed E-state index contributed by atoms with van der Waals surface area (Å²) < 4.78 is 5.47. The average Bonchev–Trinajstić information content (AvgIpc) is 3.30. The molecular weight excluding hydrogens is 388 g/mol.